The summed E-state index contributed by atoms with van der Waals surface area (Å²) in [5.74, 6) is -4.82. The summed E-state index contributed by atoms with van der Waals surface area (Å²) in [4.78, 5) is 24.7. The summed E-state index contributed by atoms with van der Waals surface area (Å²) in [7, 11) is 0. The minimum atomic E-state index is -1.16. The molecule has 0 bridgehead atoms. The van der Waals surface area contributed by atoms with Gasteiger partial charge in [-0.3, -0.25) is 9.59 Å². The summed E-state index contributed by atoms with van der Waals surface area (Å²) < 4.78 is 27.0. The molecule has 2 N–H and O–H groups in total. The second-order valence-electron chi connectivity index (χ2n) is 5.93. The molecule has 0 unspecified atom stereocenters. The first-order valence-electron chi connectivity index (χ1n) is 7.67. The van der Waals surface area contributed by atoms with Crippen LogP contribution in [0.5, 0.6) is 0 Å². The lowest BCUT2D eigenvalue weighted by molar-refractivity contribution is -0.130. The zero-order valence-electron chi connectivity index (χ0n) is 13.3. The van der Waals surface area contributed by atoms with E-state index in [1.54, 1.807) is 12.1 Å². The van der Waals surface area contributed by atoms with Crippen LogP contribution in [0, 0.1) is 24.5 Å². The van der Waals surface area contributed by atoms with Crippen LogP contribution in [0.3, 0.4) is 0 Å². The highest BCUT2D eigenvalue weighted by Crippen LogP contribution is 2.32. The Morgan fingerprint density at radius 1 is 1.28 bits per heavy atom. The zero-order valence-corrected chi connectivity index (χ0v) is 14.0. The molecule has 2 aromatic carbocycles. The molecule has 7 heteroatoms. The van der Waals surface area contributed by atoms with E-state index in [2.05, 4.69) is 10.6 Å². The van der Waals surface area contributed by atoms with Gasteiger partial charge in [-0.25, -0.2) is 8.78 Å². The highest BCUT2D eigenvalue weighted by Gasteiger charge is 2.41. The number of hydrogen-bond donors (Lipinski definition) is 2. The number of carbonyl (C=O) groups excluding carboxylic acids is 2. The van der Waals surface area contributed by atoms with Gasteiger partial charge >= 0.3 is 0 Å². The molecule has 0 aliphatic carbocycles. The first-order valence-corrected chi connectivity index (χ1v) is 8.05. The van der Waals surface area contributed by atoms with E-state index in [-0.39, 0.29) is 12.2 Å². The van der Waals surface area contributed by atoms with E-state index in [9.17, 15) is 18.4 Å². The predicted molar refractivity (Wildman–Crippen MR) is 90.4 cm³/mol. The van der Waals surface area contributed by atoms with Crippen molar-refractivity contribution in [1.82, 2.24) is 5.32 Å². The normalized spacial score (nSPS) is 19.6. The lowest BCUT2D eigenvalue weighted by Crippen LogP contribution is -2.32. The molecule has 25 heavy (non-hydrogen) atoms. The molecule has 1 aliphatic rings. The van der Waals surface area contributed by atoms with Crippen LogP contribution in [-0.4, -0.2) is 18.4 Å². The molecule has 1 aliphatic heterocycles. The first kappa shape index (κ1) is 17.4. The highest BCUT2D eigenvalue weighted by atomic mass is 35.5. The fourth-order valence-corrected chi connectivity index (χ4v) is 3.06. The van der Waals surface area contributed by atoms with Crippen molar-refractivity contribution in [2.24, 2.45) is 5.92 Å². The van der Waals surface area contributed by atoms with E-state index in [0.29, 0.717) is 5.02 Å². The van der Waals surface area contributed by atoms with E-state index >= 15 is 0 Å². The van der Waals surface area contributed by atoms with Gasteiger partial charge in [-0.05, 0) is 36.2 Å². The standard InChI is InChI=1S/C18H15ClF2N2O2/c1-9-7-10(5-6-12(9)19)11-8-22-17(24)15(11)18(25)23-14-4-2-3-13(20)16(14)21/h2-7,11,15H,8H2,1H3,(H,22,24)(H,23,25)/t11-,15-/m1/s1. The van der Waals surface area contributed by atoms with Crippen LogP contribution in [0.25, 0.3) is 0 Å². The molecule has 2 atom stereocenters. The maximum atomic E-state index is 13.8. The molecule has 0 saturated carbocycles. The molecule has 0 aromatic heterocycles. The maximum Gasteiger partial charge on any atom is 0.237 e. The quantitative estimate of drug-likeness (QED) is 0.820. The third-order valence-electron chi connectivity index (χ3n) is 4.28. The lowest BCUT2D eigenvalue weighted by Gasteiger charge is -2.18. The van der Waals surface area contributed by atoms with Crippen LogP contribution in [-0.2, 0) is 9.59 Å². The van der Waals surface area contributed by atoms with E-state index in [0.717, 1.165) is 17.2 Å². The van der Waals surface area contributed by atoms with Crippen molar-refractivity contribution in [2.75, 3.05) is 11.9 Å². The fourth-order valence-electron chi connectivity index (χ4n) is 2.94. The van der Waals surface area contributed by atoms with Crippen molar-refractivity contribution >= 4 is 29.1 Å². The van der Waals surface area contributed by atoms with Crippen LogP contribution in [0.2, 0.25) is 5.02 Å². The highest BCUT2D eigenvalue weighted by molar-refractivity contribution is 6.31. The third kappa shape index (κ3) is 3.35. The molecule has 1 saturated heterocycles. The number of aryl methyl sites for hydroxylation is 1. The van der Waals surface area contributed by atoms with Gasteiger partial charge in [-0.2, -0.15) is 0 Å². The second-order valence-corrected chi connectivity index (χ2v) is 6.34. The minimum Gasteiger partial charge on any atom is -0.355 e. The number of carbonyl (C=O) groups is 2. The molecule has 130 valence electrons. The molecule has 3 rings (SSSR count). The van der Waals surface area contributed by atoms with Crippen molar-refractivity contribution < 1.29 is 18.4 Å². The summed E-state index contributed by atoms with van der Waals surface area (Å²) >= 11 is 6.02. The van der Waals surface area contributed by atoms with E-state index in [4.69, 9.17) is 11.6 Å². The van der Waals surface area contributed by atoms with Crippen LogP contribution in [0.15, 0.2) is 36.4 Å². The summed E-state index contributed by atoms with van der Waals surface area (Å²) in [5, 5.41) is 5.54. The molecule has 2 amide bonds. The Kier molecular flexibility index (Phi) is 4.72. The average Bonchev–Trinajstić information content (AvgIpc) is 2.96. The zero-order chi connectivity index (χ0) is 18.1. The Morgan fingerprint density at radius 2 is 2.04 bits per heavy atom. The number of amides is 2. The summed E-state index contributed by atoms with van der Waals surface area (Å²) in [6.45, 7) is 2.11. The molecule has 2 aromatic rings. The topological polar surface area (TPSA) is 58.2 Å². The monoisotopic (exact) mass is 364 g/mol. The van der Waals surface area contributed by atoms with Gasteiger partial charge < -0.3 is 10.6 Å². The molecule has 1 heterocycles. The molecule has 4 nitrogen and oxygen atoms in total. The molecule has 0 spiro atoms. The number of halogens is 3. The number of hydrogen-bond acceptors (Lipinski definition) is 2. The van der Waals surface area contributed by atoms with Gasteiger partial charge in [0.25, 0.3) is 0 Å². The predicted octanol–water partition coefficient (Wildman–Crippen LogP) is 3.39. The summed E-state index contributed by atoms with van der Waals surface area (Å²) in [6, 6.07) is 8.75. The number of rotatable bonds is 3. The second kappa shape index (κ2) is 6.80. The van der Waals surface area contributed by atoms with Crippen molar-refractivity contribution in [3.63, 3.8) is 0 Å². The van der Waals surface area contributed by atoms with Crippen molar-refractivity contribution in [3.8, 4) is 0 Å². The Labute approximate surface area is 148 Å². The van der Waals surface area contributed by atoms with Crippen molar-refractivity contribution in [3.05, 3.63) is 64.2 Å². The first-order chi connectivity index (χ1) is 11.9. The van der Waals surface area contributed by atoms with E-state index in [1.807, 2.05) is 13.0 Å². The summed E-state index contributed by atoms with van der Waals surface area (Å²) in [6.07, 6.45) is 0. The van der Waals surface area contributed by atoms with Gasteiger partial charge in [0.15, 0.2) is 11.6 Å². The van der Waals surface area contributed by atoms with Crippen molar-refractivity contribution in [2.45, 2.75) is 12.8 Å². The SMILES string of the molecule is Cc1cc([C@H]2CNC(=O)[C@@H]2C(=O)Nc2cccc(F)c2F)ccc1Cl. The van der Waals surface area contributed by atoms with E-state index in [1.165, 1.54) is 12.1 Å². The van der Waals surface area contributed by atoms with Crippen LogP contribution < -0.4 is 10.6 Å². The average molecular weight is 365 g/mol. The van der Waals surface area contributed by atoms with Crippen molar-refractivity contribution in [1.29, 1.82) is 0 Å². The Bertz CT molecular complexity index is 857. The number of benzene rings is 2. The van der Waals surface area contributed by atoms with Gasteiger partial charge in [0.05, 0.1) is 5.69 Å². The molecular formula is C18H15ClF2N2O2. The molecule has 0 radical (unpaired) electrons. The summed E-state index contributed by atoms with van der Waals surface area (Å²) in [5.41, 5.74) is 1.31. The van der Waals surface area contributed by atoms with Gasteiger partial charge in [0.2, 0.25) is 11.8 Å². The minimum absolute atomic E-state index is 0.281. The van der Waals surface area contributed by atoms with Gasteiger partial charge in [0, 0.05) is 17.5 Å². The number of anilines is 1. The van der Waals surface area contributed by atoms with Gasteiger partial charge in [-0.15, -0.1) is 0 Å². The van der Waals surface area contributed by atoms with Crippen LogP contribution >= 0.6 is 11.6 Å². The fraction of sp³-hybridized carbons (Fsp3) is 0.222. The molecular weight excluding hydrogens is 350 g/mol. The van der Waals surface area contributed by atoms with Crippen LogP contribution in [0.1, 0.15) is 17.0 Å². The van der Waals surface area contributed by atoms with Gasteiger partial charge in [-0.1, -0.05) is 29.8 Å². The lowest BCUT2D eigenvalue weighted by atomic mass is 9.87. The smallest absolute Gasteiger partial charge is 0.237 e. The third-order valence-corrected chi connectivity index (χ3v) is 4.71. The maximum absolute atomic E-state index is 13.8. The van der Waals surface area contributed by atoms with Crippen LogP contribution in [0.4, 0.5) is 14.5 Å². The largest absolute Gasteiger partial charge is 0.355 e. The Hall–Kier alpha value is -2.47. The Balaban J connectivity index is 1.87. The van der Waals surface area contributed by atoms with E-state index < -0.39 is 35.3 Å². The van der Waals surface area contributed by atoms with Gasteiger partial charge in [0.1, 0.15) is 5.92 Å². The Morgan fingerprint density at radius 3 is 2.76 bits per heavy atom. The molecule has 1 fully saturated rings. The number of nitrogens with one attached hydrogen (secondary N) is 2.